The third kappa shape index (κ3) is 2.74. The zero-order valence-electron chi connectivity index (χ0n) is 11.5. The second-order valence-electron chi connectivity index (χ2n) is 4.58. The van der Waals surface area contributed by atoms with Gasteiger partial charge in [-0.3, -0.25) is 4.40 Å². The van der Waals surface area contributed by atoms with Crippen LogP contribution in [0.25, 0.3) is 4.96 Å². The number of methoxy groups -OCH3 is 1. The highest BCUT2D eigenvalue weighted by Gasteiger charge is 2.12. The molecule has 0 aliphatic carbocycles. The summed E-state index contributed by atoms with van der Waals surface area (Å²) in [5.41, 5.74) is 2.37. The Bertz CT molecular complexity index is 518. The Hall–Kier alpha value is -0.910. The van der Waals surface area contributed by atoms with Gasteiger partial charge in [0.1, 0.15) is 0 Å². The first kappa shape index (κ1) is 13.5. The molecule has 18 heavy (non-hydrogen) atoms. The smallest absolute Gasteiger partial charge is 0.194 e. The predicted octanol–water partition coefficient (Wildman–Crippen LogP) is 2.53. The maximum atomic E-state index is 5.20. The molecule has 1 unspecified atom stereocenters. The number of hydrogen-bond acceptors (Lipinski definition) is 4. The van der Waals surface area contributed by atoms with Crippen LogP contribution in [0.4, 0.5) is 0 Å². The van der Waals surface area contributed by atoms with E-state index in [0.717, 1.165) is 30.2 Å². The lowest BCUT2D eigenvalue weighted by Crippen LogP contribution is -2.32. The van der Waals surface area contributed by atoms with Crippen molar-refractivity contribution in [3.05, 3.63) is 22.5 Å². The molecule has 2 rings (SSSR count). The molecule has 0 aliphatic heterocycles. The highest BCUT2D eigenvalue weighted by molar-refractivity contribution is 7.17. The predicted molar refractivity (Wildman–Crippen MR) is 75.3 cm³/mol. The number of aromatic nitrogens is 2. The molecule has 2 heterocycles. The number of hydrogen-bond donors (Lipinski definition) is 1. The number of nitrogens with zero attached hydrogens (tertiary/aromatic N) is 2. The topological polar surface area (TPSA) is 38.6 Å². The molecule has 2 aromatic rings. The number of aryl methyl sites for hydroxylation is 2. The number of imidazole rings is 1. The van der Waals surface area contributed by atoms with Crippen molar-refractivity contribution in [2.24, 2.45) is 0 Å². The zero-order chi connectivity index (χ0) is 13.1. The SMILES string of the molecule is CCC(COC)NCc1c(C)nc2sc(C)cn12. The fourth-order valence-electron chi connectivity index (χ4n) is 2.09. The van der Waals surface area contributed by atoms with Gasteiger partial charge in [-0.1, -0.05) is 6.92 Å². The van der Waals surface area contributed by atoms with Crippen molar-refractivity contribution in [1.29, 1.82) is 0 Å². The van der Waals surface area contributed by atoms with E-state index in [-0.39, 0.29) is 0 Å². The van der Waals surface area contributed by atoms with E-state index >= 15 is 0 Å². The summed E-state index contributed by atoms with van der Waals surface area (Å²) < 4.78 is 7.40. The van der Waals surface area contributed by atoms with Crippen molar-refractivity contribution in [2.75, 3.05) is 13.7 Å². The first-order valence-electron chi connectivity index (χ1n) is 6.32. The fraction of sp³-hybridized carbons (Fsp3) is 0.615. The van der Waals surface area contributed by atoms with Crippen molar-refractivity contribution < 1.29 is 4.74 Å². The molecule has 0 radical (unpaired) electrons. The second kappa shape index (κ2) is 5.82. The van der Waals surface area contributed by atoms with Gasteiger partial charge in [0.05, 0.1) is 18.0 Å². The number of thiazole rings is 1. The third-order valence-electron chi connectivity index (χ3n) is 3.16. The first-order chi connectivity index (χ1) is 8.65. The fourth-order valence-corrected chi connectivity index (χ4v) is 2.98. The van der Waals surface area contributed by atoms with Gasteiger partial charge in [0.25, 0.3) is 0 Å². The van der Waals surface area contributed by atoms with E-state index in [0.29, 0.717) is 6.04 Å². The lowest BCUT2D eigenvalue weighted by Gasteiger charge is -2.15. The van der Waals surface area contributed by atoms with Gasteiger partial charge in [0, 0.05) is 30.8 Å². The summed E-state index contributed by atoms with van der Waals surface area (Å²) in [6.45, 7) is 7.95. The molecule has 1 atom stereocenters. The molecule has 0 aliphatic rings. The maximum absolute atomic E-state index is 5.20. The second-order valence-corrected chi connectivity index (χ2v) is 5.79. The lowest BCUT2D eigenvalue weighted by atomic mass is 10.2. The Kier molecular flexibility index (Phi) is 4.37. The van der Waals surface area contributed by atoms with Crippen LogP contribution in [-0.4, -0.2) is 29.1 Å². The highest BCUT2D eigenvalue weighted by atomic mass is 32.1. The van der Waals surface area contributed by atoms with Crippen LogP contribution in [0.1, 0.15) is 29.6 Å². The van der Waals surface area contributed by atoms with E-state index in [1.807, 2.05) is 0 Å². The van der Waals surface area contributed by atoms with E-state index in [9.17, 15) is 0 Å². The largest absolute Gasteiger partial charge is 0.383 e. The highest BCUT2D eigenvalue weighted by Crippen LogP contribution is 2.20. The summed E-state index contributed by atoms with van der Waals surface area (Å²) in [5, 5.41) is 3.53. The van der Waals surface area contributed by atoms with E-state index < -0.39 is 0 Å². The molecule has 1 N–H and O–H groups in total. The van der Waals surface area contributed by atoms with E-state index in [4.69, 9.17) is 4.74 Å². The maximum Gasteiger partial charge on any atom is 0.194 e. The molecule has 0 spiro atoms. The van der Waals surface area contributed by atoms with Crippen LogP contribution in [-0.2, 0) is 11.3 Å². The molecule has 2 aromatic heterocycles. The molecule has 0 amide bonds. The van der Waals surface area contributed by atoms with E-state index in [2.05, 4.69) is 41.7 Å². The number of nitrogens with one attached hydrogen (secondary N) is 1. The minimum Gasteiger partial charge on any atom is -0.383 e. The molecule has 5 heteroatoms. The van der Waals surface area contributed by atoms with Crippen molar-refractivity contribution in [1.82, 2.24) is 14.7 Å². The van der Waals surface area contributed by atoms with Gasteiger partial charge in [-0.2, -0.15) is 0 Å². The number of fused-ring (bicyclic) bond motifs is 1. The molecule has 0 aromatic carbocycles. The molecule has 0 bridgehead atoms. The van der Waals surface area contributed by atoms with Crippen LogP contribution < -0.4 is 5.32 Å². The first-order valence-corrected chi connectivity index (χ1v) is 7.13. The van der Waals surface area contributed by atoms with Crippen LogP contribution >= 0.6 is 11.3 Å². The molecular formula is C13H21N3OS. The van der Waals surface area contributed by atoms with Gasteiger partial charge in [-0.05, 0) is 20.3 Å². The van der Waals surface area contributed by atoms with Gasteiger partial charge >= 0.3 is 0 Å². The van der Waals surface area contributed by atoms with E-state index in [1.165, 1.54) is 10.6 Å². The summed E-state index contributed by atoms with van der Waals surface area (Å²) in [6, 6.07) is 0.402. The quantitative estimate of drug-likeness (QED) is 0.874. The summed E-state index contributed by atoms with van der Waals surface area (Å²) in [4.78, 5) is 6.97. The van der Waals surface area contributed by atoms with Crippen molar-refractivity contribution in [3.8, 4) is 0 Å². The summed E-state index contributed by atoms with van der Waals surface area (Å²) in [7, 11) is 1.74. The number of ether oxygens (including phenoxy) is 1. The van der Waals surface area contributed by atoms with Crippen LogP contribution in [0, 0.1) is 13.8 Å². The average molecular weight is 267 g/mol. The van der Waals surface area contributed by atoms with E-state index in [1.54, 1.807) is 18.4 Å². The number of rotatable bonds is 6. The minimum atomic E-state index is 0.402. The normalized spacial score (nSPS) is 13.3. The Morgan fingerprint density at radius 3 is 2.94 bits per heavy atom. The Morgan fingerprint density at radius 1 is 1.50 bits per heavy atom. The Labute approximate surface area is 112 Å². The van der Waals surface area contributed by atoms with Gasteiger partial charge in [0.15, 0.2) is 4.96 Å². The summed E-state index contributed by atoms with van der Waals surface area (Å²) >= 11 is 1.74. The molecule has 4 nitrogen and oxygen atoms in total. The van der Waals surface area contributed by atoms with Crippen LogP contribution in [0.2, 0.25) is 0 Å². The Balaban J connectivity index is 2.12. The standard InChI is InChI=1S/C13H21N3OS/c1-5-11(8-17-4)14-6-12-10(3)15-13-16(12)7-9(2)18-13/h7,11,14H,5-6,8H2,1-4H3. The minimum absolute atomic E-state index is 0.402. The van der Waals surface area contributed by atoms with Crippen molar-refractivity contribution >= 4 is 16.3 Å². The average Bonchev–Trinajstić information content (AvgIpc) is 2.80. The lowest BCUT2D eigenvalue weighted by molar-refractivity contribution is 0.163. The van der Waals surface area contributed by atoms with Crippen molar-refractivity contribution in [3.63, 3.8) is 0 Å². The molecule has 0 saturated heterocycles. The monoisotopic (exact) mass is 267 g/mol. The zero-order valence-corrected chi connectivity index (χ0v) is 12.3. The van der Waals surface area contributed by atoms with Crippen LogP contribution in [0.15, 0.2) is 6.20 Å². The third-order valence-corrected chi connectivity index (χ3v) is 4.06. The van der Waals surface area contributed by atoms with Gasteiger partial charge < -0.3 is 10.1 Å². The molecule has 0 saturated carbocycles. The van der Waals surface area contributed by atoms with Gasteiger partial charge in [0.2, 0.25) is 0 Å². The molecular weight excluding hydrogens is 246 g/mol. The van der Waals surface area contributed by atoms with Gasteiger partial charge in [-0.15, -0.1) is 11.3 Å². The van der Waals surface area contributed by atoms with Crippen LogP contribution in [0.5, 0.6) is 0 Å². The summed E-state index contributed by atoms with van der Waals surface area (Å²) in [6.07, 6.45) is 3.23. The molecule has 0 fully saturated rings. The van der Waals surface area contributed by atoms with Crippen LogP contribution in [0.3, 0.4) is 0 Å². The summed E-state index contributed by atoms with van der Waals surface area (Å²) in [5.74, 6) is 0. The van der Waals surface area contributed by atoms with Gasteiger partial charge in [-0.25, -0.2) is 4.98 Å². The van der Waals surface area contributed by atoms with Crippen molar-refractivity contribution in [2.45, 2.75) is 39.8 Å². The molecule has 100 valence electrons. The Morgan fingerprint density at radius 2 is 2.28 bits per heavy atom.